The zero-order chi connectivity index (χ0) is 13.5. The van der Waals surface area contributed by atoms with Gasteiger partial charge in [-0.2, -0.15) is 0 Å². The number of esters is 1. The highest BCUT2D eigenvalue weighted by molar-refractivity contribution is 7.73. The molecular weight excluding hydrogens is 255 g/mol. The molecule has 0 unspecified atom stereocenters. The molecule has 0 atom stereocenters. The van der Waals surface area contributed by atoms with E-state index >= 15 is 0 Å². The standard InChI is InChI=1S/C16H17O2P/c1-2-18-16(17)13-19(14-9-5-3-6-10-14)15-11-7-4-8-12-15/h3-12H,2,13H2,1H3. The molecule has 0 aromatic heterocycles. The van der Waals surface area contributed by atoms with Gasteiger partial charge in [0.2, 0.25) is 0 Å². The van der Waals surface area contributed by atoms with Crippen molar-refractivity contribution in [1.82, 2.24) is 0 Å². The van der Waals surface area contributed by atoms with Gasteiger partial charge in [-0.1, -0.05) is 60.7 Å². The smallest absolute Gasteiger partial charge is 0.310 e. The van der Waals surface area contributed by atoms with Crippen molar-refractivity contribution in [3.63, 3.8) is 0 Å². The maximum absolute atomic E-state index is 11.8. The molecule has 0 aliphatic carbocycles. The summed E-state index contributed by atoms with van der Waals surface area (Å²) in [5.74, 6) is -0.124. The third kappa shape index (κ3) is 3.90. The van der Waals surface area contributed by atoms with Crippen molar-refractivity contribution >= 4 is 24.5 Å². The lowest BCUT2D eigenvalue weighted by Gasteiger charge is -2.17. The summed E-state index contributed by atoms with van der Waals surface area (Å²) in [6.07, 6.45) is 0.442. The predicted molar refractivity (Wildman–Crippen MR) is 80.6 cm³/mol. The van der Waals surface area contributed by atoms with Gasteiger partial charge in [-0.15, -0.1) is 0 Å². The second-order valence-corrected chi connectivity index (χ2v) is 6.27. The normalized spacial score (nSPS) is 10.4. The van der Waals surface area contributed by atoms with E-state index in [1.54, 1.807) is 0 Å². The molecule has 0 saturated heterocycles. The highest BCUT2D eigenvalue weighted by atomic mass is 31.1. The van der Waals surface area contributed by atoms with Crippen LogP contribution in [0.5, 0.6) is 0 Å². The average molecular weight is 272 g/mol. The zero-order valence-electron chi connectivity index (χ0n) is 11.0. The van der Waals surface area contributed by atoms with Crippen LogP contribution in [0.3, 0.4) is 0 Å². The number of hydrogen-bond acceptors (Lipinski definition) is 2. The molecule has 0 saturated carbocycles. The zero-order valence-corrected chi connectivity index (χ0v) is 11.8. The van der Waals surface area contributed by atoms with Crippen molar-refractivity contribution < 1.29 is 9.53 Å². The second kappa shape index (κ2) is 7.06. The molecule has 0 spiro atoms. The van der Waals surface area contributed by atoms with E-state index < -0.39 is 7.92 Å². The van der Waals surface area contributed by atoms with Gasteiger partial charge in [-0.25, -0.2) is 0 Å². The van der Waals surface area contributed by atoms with Gasteiger partial charge in [0, 0.05) is 0 Å². The average Bonchev–Trinajstić information content (AvgIpc) is 2.47. The third-order valence-electron chi connectivity index (χ3n) is 2.73. The van der Waals surface area contributed by atoms with Crippen LogP contribution in [0.1, 0.15) is 6.92 Å². The van der Waals surface area contributed by atoms with E-state index in [1.807, 2.05) is 43.3 Å². The molecule has 0 aliphatic rings. The first-order valence-corrected chi connectivity index (χ1v) is 7.87. The van der Waals surface area contributed by atoms with E-state index in [2.05, 4.69) is 24.3 Å². The first kappa shape index (κ1) is 13.8. The first-order valence-electron chi connectivity index (χ1n) is 6.34. The lowest BCUT2D eigenvalue weighted by Crippen LogP contribution is -2.19. The van der Waals surface area contributed by atoms with Gasteiger partial charge in [0.15, 0.2) is 0 Å². The monoisotopic (exact) mass is 272 g/mol. The molecular formula is C16H17O2P. The van der Waals surface area contributed by atoms with Crippen LogP contribution >= 0.6 is 7.92 Å². The van der Waals surface area contributed by atoms with Crippen LogP contribution in [0.15, 0.2) is 60.7 Å². The second-order valence-electron chi connectivity index (χ2n) is 4.06. The van der Waals surface area contributed by atoms with Crippen LogP contribution < -0.4 is 10.6 Å². The largest absolute Gasteiger partial charge is 0.466 e. The van der Waals surface area contributed by atoms with Crippen molar-refractivity contribution in [2.45, 2.75) is 6.92 Å². The number of hydrogen-bond donors (Lipinski definition) is 0. The van der Waals surface area contributed by atoms with Crippen molar-refractivity contribution in [1.29, 1.82) is 0 Å². The van der Waals surface area contributed by atoms with E-state index in [-0.39, 0.29) is 5.97 Å². The fraction of sp³-hybridized carbons (Fsp3) is 0.188. The quantitative estimate of drug-likeness (QED) is 0.618. The maximum Gasteiger partial charge on any atom is 0.310 e. The Bertz CT molecular complexity index is 471. The highest BCUT2D eigenvalue weighted by Crippen LogP contribution is 2.33. The molecule has 0 aliphatic heterocycles. The molecule has 0 bridgehead atoms. The molecule has 0 radical (unpaired) electrons. The van der Waals surface area contributed by atoms with Gasteiger partial charge in [0.25, 0.3) is 0 Å². The minimum absolute atomic E-state index is 0.124. The molecule has 98 valence electrons. The molecule has 0 fully saturated rings. The van der Waals surface area contributed by atoms with Crippen LogP contribution in [-0.4, -0.2) is 18.7 Å². The van der Waals surface area contributed by atoms with Gasteiger partial charge in [-0.05, 0) is 25.5 Å². The van der Waals surface area contributed by atoms with Gasteiger partial charge >= 0.3 is 5.97 Å². The lowest BCUT2D eigenvalue weighted by molar-refractivity contribution is -0.139. The molecule has 0 N–H and O–H groups in total. The third-order valence-corrected chi connectivity index (χ3v) is 5.15. The molecule has 0 amide bonds. The fourth-order valence-electron chi connectivity index (χ4n) is 1.88. The molecule has 2 aromatic rings. The Kier molecular flexibility index (Phi) is 5.11. The minimum atomic E-state index is -0.676. The van der Waals surface area contributed by atoms with E-state index in [0.717, 1.165) is 0 Å². The van der Waals surface area contributed by atoms with E-state index in [9.17, 15) is 4.79 Å². The number of ether oxygens (including phenoxy) is 1. The van der Waals surface area contributed by atoms with Crippen LogP contribution in [0.2, 0.25) is 0 Å². The van der Waals surface area contributed by atoms with Crippen molar-refractivity contribution in [3.8, 4) is 0 Å². The Hall–Kier alpha value is -1.66. The number of carbonyl (C=O) groups is 1. The van der Waals surface area contributed by atoms with Crippen LogP contribution in [0, 0.1) is 0 Å². The molecule has 19 heavy (non-hydrogen) atoms. The summed E-state index contributed by atoms with van der Waals surface area (Å²) in [5, 5.41) is 2.41. The Morgan fingerprint density at radius 2 is 1.42 bits per heavy atom. The van der Waals surface area contributed by atoms with Crippen LogP contribution in [0.25, 0.3) is 0 Å². The number of rotatable bonds is 5. The summed E-state index contributed by atoms with van der Waals surface area (Å²) < 4.78 is 5.09. The Labute approximate surface area is 115 Å². The number of benzene rings is 2. The van der Waals surface area contributed by atoms with Gasteiger partial charge in [0.1, 0.15) is 0 Å². The molecule has 0 heterocycles. The summed E-state index contributed by atoms with van der Waals surface area (Å²) in [6, 6.07) is 20.4. The van der Waals surface area contributed by atoms with Gasteiger partial charge in [0.05, 0.1) is 12.8 Å². The van der Waals surface area contributed by atoms with E-state index in [1.165, 1.54) is 10.6 Å². The van der Waals surface area contributed by atoms with E-state index in [4.69, 9.17) is 4.74 Å². The first-order chi connectivity index (χ1) is 9.31. The summed E-state index contributed by atoms with van der Waals surface area (Å²) in [6.45, 7) is 2.27. The fourth-order valence-corrected chi connectivity index (χ4v) is 3.96. The minimum Gasteiger partial charge on any atom is -0.466 e. The Morgan fingerprint density at radius 1 is 0.947 bits per heavy atom. The number of carbonyl (C=O) groups excluding carboxylic acids is 1. The lowest BCUT2D eigenvalue weighted by atomic mass is 10.4. The molecule has 2 aromatic carbocycles. The summed E-state index contributed by atoms with van der Waals surface area (Å²) in [7, 11) is -0.676. The van der Waals surface area contributed by atoms with Gasteiger partial charge in [-0.3, -0.25) is 4.79 Å². The predicted octanol–water partition coefficient (Wildman–Crippen LogP) is 2.68. The molecule has 3 heteroatoms. The van der Waals surface area contributed by atoms with Gasteiger partial charge < -0.3 is 4.74 Å². The van der Waals surface area contributed by atoms with Crippen molar-refractivity contribution in [3.05, 3.63) is 60.7 Å². The van der Waals surface area contributed by atoms with E-state index in [0.29, 0.717) is 12.8 Å². The summed E-state index contributed by atoms with van der Waals surface area (Å²) >= 11 is 0. The maximum atomic E-state index is 11.8. The topological polar surface area (TPSA) is 26.3 Å². The highest BCUT2D eigenvalue weighted by Gasteiger charge is 2.17. The summed E-state index contributed by atoms with van der Waals surface area (Å²) in [4.78, 5) is 11.8. The van der Waals surface area contributed by atoms with Crippen LogP contribution in [-0.2, 0) is 9.53 Å². The SMILES string of the molecule is CCOC(=O)CP(c1ccccc1)c1ccccc1. The Morgan fingerprint density at radius 3 is 1.84 bits per heavy atom. The molecule has 2 nitrogen and oxygen atoms in total. The van der Waals surface area contributed by atoms with Crippen LogP contribution in [0.4, 0.5) is 0 Å². The van der Waals surface area contributed by atoms with Crippen molar-refractivity contribution in [2.24, 2.45) is 0 Å². The summed E-state index contributed by atoms with van der Waals surface area (Å²) in [5.41, 5.74) is 0. The Balaban J connectivity index is 2.26. The van der Waals surface area contributed by atoms with Crippen molar-refractivity contribution in [2.75, 3.05) is 12.8 Å². The molecule has 2 rings (SSSR count).